The van der Waals surface area contributed by atoms with Crippen LogP contribution in [-0.2, 0) is 15.5 Å². The number of carbonyl (C=O) groups is 1. The topological polar surface area (TPSA) is 55.4 Å². The molecule has 1 N–H and O–H groups in total. The van der Waals surface area contributed by atoms with Crippen LogP contribution in [0.1, 0.15) is 58.4 Å². The van der Waals surface area contributed by atoms with Crippen molar-refractivity contribution in [2.45, 2.75) is 63.4 Å². The summed E-state index contributed by atoms with van der Waals surface area (Å²) in [5.41, 5.74) is 0.291. The van der Waals surface area contributed by atoms with Gasteiger partial charge in [0.1, 0.15) is 5.60 Å². The van der Waals surface area contributed by atoms with E-state index in [-0.39, 0.29) is 6.54 Å². The van der Waals surface area contributed by atoms with Crippen LogP contribution < -0.4 is 5.32 Å². The summed E-state index contributed by atoms with van der Waals surface area (Å²) >= 11 is 0. The van der Waals surface area contributed by atoms with Crippen LogP contribution >= 0.6 is 0 Å². The van der Waals surface area contributed by atoms with Crippen LogP contribution in [0, 0.1) is 17.8 Å². The van der Waals surface area contributed by atoms with E-state index >= 15 is 0 Å². The fraction of sp³-hybridized carbons (Fsp3) is 0.571. The zero-order chi connectivity index (χ0) is 19.0. The van der Waals surface area contributed by atoms with Gasteiger partial charge in [-0.25, -0.2) is 4.79 Å². The first-order chi connectivity index (χ1) is 12.3. The molecule has 5 heteroatoms. The van der Waals surface area contributed by atoms with Crippen molar-refractivity contribution in [3.8, 4) is 11.8 Å². The van der Waals surface area contributed by atoms with Gasteiger partial charge in [-0.3, -0.25) is 4.21 Å². The van der Waals surface area contributed by atoms with Gasteiger partial charge >= 0.3 is 6.09 Å². The fourth-order valence-corrected chi connectivity index (χ4v) is 4.40. The van der Waals surface area contributed by atoms with Gasteiger partial charge in [-0.15, -0.1) is 0 Å². The third-order valence-corrected chi connectivity index (χ3v) is 5.72. The summed E-state index contributed by atoms with van der Waals surface area (Å²) in [6, 6.07) is 7.57. The zero-order valence-electron chi connectivity index (χ0n) is 16.0. The molecule has 1 aliphatic rings. The fourth-order valence-electron chi connectivity index (χ4n) is 2.96. The Balaban J connectivity index is 1.86. The minimum absolute atomic E-state index is 0.213. The highest BCUT2D eigenvalue weighted by Crippen LogP contribution is 2.25. The molecule has 0 saturated heterocycles. The molecule has 0 heterocycles. The van der Waals surface area contributed by atoms with Gasteiger partial charge in [0.2, 0.25) is 0 Å². The van der Waals surface area contributed by atoms with Gasteiger partial charge < -0.3 is 10.1 Å². The maximum Gasteiger partial charge on any atom is 0.408 e. The lowest BCUT2D eigenvalue weighted by Gasteiger charge is -2.20. The molecule has 142 valence electrons. The summed E-state index contributed by atoms with van der Waals surface area (Å²) < 4.78 is 17.8. The molecule has 0 aromatic heterocycles. The van der Waals surface area contributed by atoms with Gasteiger partial charge in [-0.2, -0.15) is 0 Å². The number of rotatable bonds is 4. The average Bonchev–Trinajstić information content (AvgIpc) is 2.58. The van der Waals surface area contributed by atoms with E-state index in [1.54, 1.807) is 0 Å². The molecule has 1 unspecified atom stereocenters. The van der Waals surface area contributed by atoms with Gasteiger partial charge in [0.15, 0.2) is 0 Å². The molecule has 1 aromatic rings. The smallest absolute Gasteiger partial charge is 0.408 e. The Morgan fingerprint density at radius 1 is 1.27 bits per heavy atom. The largest absolute Gasteiger partial charge is 0.444 e. The lowest BCUT2D eigenvalue weighted by molar-refractivity contribution is 0.0535. The lowest BCUT2D eigenvalue weighted by Crippen LogP contribution is -2.32. The van der Waals surface area contributed by atoms with Crippen molar-refractivity contribution in [2.24, 2.45) is 5.92 Å². The molecular weight excluding hydrogens is 346 g/mol. The van der Waals surface area contributed by atoms with Crippen molar-refractivity contribution in [3.63, 3.8) is 0 Å². The highest BCUT2D eigenvalue weighted by molar-refractivity contribution is 7.85. The van der Waals surface area contributed by atoms with Crippen LogP contribution in [0.3, 0.4) is 0 Å². The van der Waals surface area contributed by atoms with Crippen LogP contribution in [0.5, 0.6) is 0 Å². The van der Waals surface area contributed by atoms with Crippen LogP contribution in [0.15, 0.2) is 29.2 Å². The monoisotopic (exact) mass is 375 g/mol. The molecule has 1 amide bonds. The van der Waals surface area contributed by atoms with Crippen molar-refractivity contribution in [1.29, 1.82) is 0 Å². The minimum Gasteiger partial charge on any atom is -0.444 e. The summed E-state index contributed by atoms with van der Waals surface area (Å²) in [5.74, 6) is 7.24. The van der Waals surface area contributed by atoms with Crippen molar-refractivity contribution >= 4 is 16.9 Å². The molecule has 0 aliphatic heterocycles. The molecule has 0 bridgehead atoms. The van der Waals surface area contributed by atoms with Crippen LogP contribution in [0.4, 0.5) is 4.79 Å². The van der Waals surface area contributed by atoms with Gasteiger partial charge in [-0.05, 0) is 57.7 Å². The molecule has 1 aromatic carbocycles. The Bertz CT molecular complexity index is 691. The van der Waals surface area contributed by atoms with Crippen LogP contribution in [0.2, 0.25) is 0 Å². The van der Waals surface area contributed by atoms with Crippen LogP contribution in [0.25, 0.3) is 0 Å². The molecule has 0 radical (unpaired) electrons. The number of carbonyl (C=O) groups excluding carboxylic acids is 1. The summed E-state index contributed by atoms with van der Waals surface area (Å²) in [6.45, 7) is 5.66. The van der Waals surface area contributed by atoms with Crippen molar-refractivity contribution in [2.75, 3.05) is 12.3 Å². The predicted molar refractivity (Wildman–Crippen MR) is 105 cm³/mol. The van der Waals surface area contributed by atoms with Gasteiger partial charge in [-0.1, -0.05) is 37.2 Å². The molecule has 1 atom stereocenters. The highest BCUT2D eigenvalue weighted by atomic mass is 32.2. The average molecular weight is 376 g/mol. The van der Waals surface area contributed by atoms with Gasteiger partial charge in [0.05, 0.1) is 17.3 Å². The van der Waals surface area contributed by atoms with Crippen molar-refractivity contribution in [1.82, 2.24) is 5.32 Å². The number of hydrogen-bond acceptors (Lipinski definition) is 3. The second-order valence-electron chi connectivity index (χ2n) is 7.70. The minimum atomic E-state index is -0.975. The van der Waals surface area contributed by atoms with Gasteiger partial charge in [0, 0.05) is 16.2 Å². The summed E-state index contributed by atoms with van der Waals surface area (Å²) in [4.78, 5) is 12.4. The Labute approximate surface area is 159 Å². The summed E-state index contributed by atoms with van der Waals surface area (Å²) in [5, 5.41) is 2.61. The highest BCUT2D eigenvalue weighted by Gasteiger charge is 2.17. The molecule has 2 rings (SSSR count). The maximum atomic E-state index is 12.6. The van der Waals surface area contributed by atoms with Gasteiger partial charge in [0.25, 0.3) is 0 Å². The number of hydrogen-bond donors (Lipinski definition) is 1. The maximum absolute atomic E-state index is 12.6. The van der Waals surface area contributed by atoms with Crippen LogP contribution in [-0.4, -0.2) is 28.2 Å². The Morgan fingerprint density at radius 2 is 2.00 bits per heavy atom. The summed E-state index contributed by atoms with van der Waals surface area (Å²) in [6.07, 6.45) is 5.75. The van der Waals surface area contributed by atoms with Crippen molar-refractivity contribution in [3.05, 3.63) is 29.8 Å². The Morgan fingerprint density at radius 3 is 2.69 bits per heavy atom. The number of amides is 1. The molecule has 0 spiro atoms. The third kappa shape index (κ3) is 7.61. The first-order valence-corrected chi connectivity index (χ1v) is 10.6. The molecule has 1 saturated carbocycles. The van der Waals surface area contributed by atoms with E-state index in [0.29, 0.717) is 5.92 Å². The lowest BCUT2D eigenvalue weighted by atomic mass is 9.91. The molecule has 1 fully saturated rings. The normalized spacial score (nSPS) is 16.3. The van der Waals surface area contributed by atoms with E-state index in [0.717, 1.165) is 16.2 Å². The van der Waals surface area contributed by atoms with E-state index in [2.05, 4.69) is 17.2 Å². The summed E-state index contributed by atoms with van der Waals surface area (Å²) in [7, 11) is -0.975. The Hall–Kier alpha value is -1.80. The van der Waals surface area contributed by atoms with E-state index in [1.807, 2.05) is 45.0 Å². The third-order valence-electron chi connectivity index (χ3n) is 4.16. The van der Waals surface area contributed by atoms with E-state index < -0.39 is 22.5 Å². The second-order valence-corrected chi connectivity index (χ2v) is 9.20. The molecule has 4 nitrogen and oxygen atoms in total. The van der Waals surface area contributed by atoms with E-state index in [9.17, 15) is 9.00 Å². The first kappa shape index (κ1) is 20.5. The molecular formula is C21H29NO3S. The molecule has 1 aliphatic carbocycles. The quantitative estimate of drug-likeness (QED) is 0.801. The van der Waals surface area contributed by atoms with E-state index in [4.69, 9.17) is 4.74 Å². The van der Waals surface area contributed by atoms with Crippen molar-refractivity contribution < 1.29 is 13.7 Å². The second kappa shape index (κ2) is 9.78. The zero-order valence-corrected chi connectivity index (χ0v) is 16.8. The standard InChI is InChI=1S/C21H29NO3S/c1-21(2,3)25-20(23)22-14-8-12-17-11-7-13-19(15-17)26(24)16-18-9-5-4-6-10-18/h7,11,13,15,18H,4-6,9-10,14,16H2,1-3H3,(H,22,23). The first-order valence-electron chi connectivity index (χ1n) is 9.28. The predicted octanol–water partition coefficient (Wildman–Crippen LogP) is 4.25. The number of ether oxygens (including phenoxy) is 1. The van der Waals surface area contributed by atoms with E-state index in [1.165, 1.54) is 32.1 Å². The number of benzene rings is 1. The SMILES string of the molecule is CC(C)(C)OC(=O)NCC#Cc1cccc(S(=O)CC2CCCCC2)c1. The number of alkyl carbamates (subject to hydrolysis) is 1. The molecule has 26 heavy (non-hydrogen) atoms. The number of nitrogens with one attached hydrogen (secondary N) is 1. The Kier molecular flexibility index (Phi) is 7.71.